The molecule has 0 aliphatic rings. The maximum Gasteiger partial charge on any atom is 0.318 e. The molecule has 0 aliphatic heterocycles. The molecule has 0 spiro atoms. The number of ether oxygens (including phenoxy) is 1. The molecule has 0 unspecified atom stereocenters. The van der Waals surface area contributed by atoms with Gasteiger partial charge in [-0.2, -0.15) is 4.98 Å². The Kier molecular flexibility index (Phi) is 3.69. The van der Waals surface area contributed by atoms with Crippen molar-refractivity contribution in [3.63, 3.8) is 0 Å². The van der Waals surface area contributed by atoms with Crippen molar-refractivity contribution in [3.8, 4) is 6.01 Å². The quantitative estimate of drug-likeness (QED) is 0.637. The van der Waals surface area contributed by atoms with Gasteiger partial charge >= 0.3 is 6.01 Å². The number of nitrogen functional groups attached to an aromatic ring is 1. The number of hydrazine groups is 1. The Morgan fingerprint density at radius 2 is 2.06 bits per heavy atom. The second-order valence-electron chi connectivity index (χ2n) is 3.77. The molecule has 2 rings (SSSR count). The Bertz CT molecular complexity index is 530. The van der Waals surface area contributed by atoms with E-state index in [2.05, 4.69) is 15.4 Å². The molecule has 18 heavy (non-hydrogen) atoms. The topological polar surface area (TPSA) is 73.1 Å². The van der Waals surface area contributed by atoms with Gasteiger partial charge in [0.2, 0.25) is 0 Å². The first kappa shape index (κ1) is 12.3. The number of anilines is 1. The van der Waals surface area contributed by atoms with Crippen LogP contribution in [0.3, 0.4) is 0 Å². The van der Waals surface area contributed by atoms with Crippen LogP contribution in [0.25, 0.3) is 0 Å². The van der Waals surface area contributed by atoms with Crippen LogP contribution in [0.5, 0.6) is 6.01 Å². The lowest BCUT2D eigenvalue weighted by atomic mass is 10.2. The molecule has 0 saturated heterocycles. The number of nitrogens with two attached hydrogens (primary N) is 1. The van der Waals surface area contributed by atoms with Gasteiger partial charge in [-0.25, -0.2) is 15.2 Å². The monoisotopic (exact) mass is 248 g/mol. The van der Waals surface area contributed by atoms with E-state index in [4.69, 9.17) is 10.6 Å². The van der Waals surface area contributed by atoms with Crippen LogP contribution in [0.4, 0.5) is 10.2 Å². The largest absolute Gasteiger partial charge is 0.459 e. The van der Waals surface area contributed by atoms with Gasteiger partial charge in [0.25, 0.3) is 0 Å². The highest BCUT2D eigenvalue weighted by atomic mass is 19.1. The van der Waals surface area contributed by atoms with Crippen LogP contribution in [-0.2, 0) is 6.61 Å². The third kappa shape index (κ3) is 2.92. The predicted octanol–water partition coefficient (Wildman–Crippen LogP) is 1.79. The average Bonchev–Trinajstić information content (AvgIpc) is 2.39. The lowest BCUT2D eigenvalue weighted by molar-refractivity contribution is 0.280. The van der Waals surface area contributed by atoms with Crippen molar-refractivity contribution in [2.75, 3.05) is 5.43 Å². The van der Waals surface area contributed by atoms with Crippen LogP contribution in [0, 0.1) is 12.7 Å². The Morgan fingerprint density at radius 3 is 2.72 bits per heavy atom. The van der Waals surface area contributed by atoms with Gasteiger partial charge in [-0.3, -0.25) is 0 Å². The van der Waals surface area contributed by atoms with Gasteiger partial charge in [-0.15, -0.1) is 0 Å². The molecule has 2 aromatic rings. The number of hydrogen-bond donors (Lipinski definition) is 2. The van der Waals surface area contributed by atoms with E-state index < -0.39 is 5.82 Å². The lowest BCUT2D eigenvalue weighted by Gasteiger charge is -2.06. The van der Waals surface area contributed by atoms with Gasteiger partial charge in [0, 0.05) is 0 Å². The summed E-state index contributed by atoms with van der Waals surface area (Å²) in [5, 5.41) is 0. The van der Waals surface area contributed by atoms with E-state index in [9.17, 15) is 4.39 Å². The zero-order valence-corrected chi connectivity index (χ0v) is 9.85. The van der Waals surface area contributed by atoms with E-state index in [-0.39, 0.29) is 11.8 Å². The average molecular weight is 248 g/mol. The summed E-state index contributed by atoms with van der Waals surface area (Å²) in [5.74, 6) is 4.39. The molecule has 3 N–H and O–H groups in total. The van der Waals surface area contributed by atoms with Crippen LogP contribution < -0.4 is 16.0 Å². The van der Waals surface area contributed by atoms with Crippen molar-refractivity contribution in [2.45, 2.75) is 13.5 Å². The Balaban J connectivity index is 2.04. The zero-order valence-electron chi connectivity index (χ0n) is 9.85. The smallest absolute Gasteiger partial charge is 0.318 e. The Hall–Kier alpha value is -2.21. The van der Waals surface area contributed by atoms with Gasteiger partial charge in [0.1, 0.15) is 6.61 Å². The maximum absolute atomic E-state index is 13.1. The van der Waals surface area contributed by atoms with Crippen LogP contribution >= 0.6 is 0 Å². The minimum absolute atomic E-state index is 0.0740. The summed E-state index contributed by atoms with van der Waals surface area (Å²) in [6.07, 6.45) is 1.01. The zero-order chi connectivity index (χ0) is 13.0. The number of aromatic nitrogens is 2. The number of hydrogen-bond acceptors (Lipinski definition) is 5. The fourth-order valence-electron chi connectivity index (χ4n) is 1.35. The number of aryl methyl sites for hydroxylation is 1. The molecule has 0 fully saturated rings. The van der Waals surface area contributed by atoms with Crippen molar-refractivity contribution in [1.82, 2.24) is 9.97 Å². The molecule has 0 aliphatic carbocycles. The van der Waals surface area contributed by atoms with Gasteiger partial charge in [-0.1, -0.05) is 29.8 Å². The Labute approximate surface area is 104 Å². The van der Waals surface area contributed by atoms with E-state index in [1.165, 1.54) is 5.56 Å². The maximum atomic E-state index is 13.1. The lowest BCUT2D eigenvalue weighted by Crippen LogP contribution is -2.12. The summed E-state index contributed by atoms with van der Waals surface area (Å²) in [6, 6.07) is 7.93. The molecule has 1 heterocycles. The van der Waals surface area contributed by atoms with Gasteiger partial charge < -0.3 is 10.2 Å². The molecule has 5 nitrogen and oxygen atoms in total. The minimum Gasteiger partial charge on any atom is -0.459 e. The van der Waals surface area contributed by atoms with E-state index in [0.29, 0.717) is 6.61 Å². The summed E-state index contributed by atoms with van der Waals surface area (Å²) in [6.45, 7) is 2.32. The summed E-state index contributed by atoms with van der Waals surface area (Å²) in [4.78, 5) is 7.49. The molecule has 1 aromatic carbocycles. The molecule has 1 aromatic heterocycles. The summed E-state index contributed by atoms with van der Waals surface area (Å²) < 4.78 is 18.4. The van der Waals surface area contributed by atoms with Crippen LogP contribution in [-0.4, -0.2) is 9.97 Å². The van der Waals surface area contributed by atoms with Crippen LogP contribution in [0.2, 0.25) is 0 Å². The first-order chi connectivity index (χ1) is 8.69. The summed E-state index contributed by atoms with van der Waals surface area (Å²) >= 11 is 0. The third-order valence-electron chi connectivity index (χ3n) is 2.35. The SMILES string of the molecule is Cc1ccc(COc2ncc(F)c(NN)n2)cc1. The number of nitrogens with zero attached hydrogens (tertiary/aromatic N) is 2. The van der Waals surface area contributed by atoms with E-state index in [1.54, 1.807) is 0 Å². The number of nitrogens with one attached hydrogen (secondary N) is 1. The molecule has 0 amide bonds. The van der Waals surface area contributed by atoms with E-state index in [1.807, 2.05) is 31.2 Å². The summed E-state index contributed by atoms with van der Waals surface area (Å²) in [7, 11) is 0. The van der Waals surface area contributed by atoms with Gasteiger partial charge in [-0.05, 0) is 12.5 Å². The first-order valence-electron chi connectivity index (χ1n) is 5.36. The normalized spacial score (nSPS) is 10.2. The molecular weight excluding hydrogens is 235 g/mol. The van der Waals surface area contributed by atoms with Gasteiger partial charge in [0.15, 0.2) is 11.6 Å². The highest BCUT2D eigenvalue weighted by molar-refractivity contribution is 5.34. The first-order valence-corrected chi connectivity index (χ1v) is 5.36. The molecule has 0 radical (unpaired) electrons. The van der Waals surface area contributed by atoms with Crippen molar-refractivity contribution < 1.29 is 9.13 Å². The van der Waals surface area contributed by atoms with Gasteiger partial charge in [0.05, 0.1) is 6.20 Å². The van der Waals surface area contributed by atoms with E-state index >= 15 is 0 Å². The fraction of sp³-hybridized carbons (Fsp3) is 0.167. The van der Waals surface area contributed by atoms with Crippen molar-refractivity contribution >= 4 is 5.82 Å². The summed E-state index contributed by atoms with van der Waals surface area (Å²) in [5.41, 5.74) is 4.29. The number of halogens is 1. The Morgan fingerprint density at radius 1 is 1.33 bits per heavy atom. The molecule has 0 bridgehead atoms. The minimum atomic E-state index is -0.625. The van der Waals surface area contributed by atoms with Crippen LogP contribution in [0.15, 0.2) is 30.5 Å². The third-order valence-corrected chi connectivity index (χ3v) is 2.35. The fourth-order valence-corrected chi connectivity index (χ4v) is 1.35. The second-order valence-corrected chi connectivity index (χ2v) is 3.77. The molecule has 0 atom stereocenters. The molecule has 0 saturated carbocycles. The number of rotatable bonds is 4. The van der Waals surface area contributed by atoms with Crippen molar-refractivity contribution in [3.05, 3.63) is 47.4 Å². The molecule has 6 heteroatoms. The molecular formula is C12H13FN4O. The second kappa shape index (κ2) is 5.42. The highest BCUT2D eigenvalue weighted by Crippen LogP contribution is 2.13. The predicted molar refractivity (Wildman–Crippen MR) is 65.3 cm³/mol. The van der Waals surface area contributed by atoms with E-state index in [0.717, 1.165) is 11.8 Å². The molecule has 94 valence electrons. The number of benzene rings is 1. The van der Waals surface area contributed by atoms with Crippen molar-refractivity contribution in [2.24, 2.45) is 5.84 Å². The van der Waals surface area contributed by atoms with Crippen LogP contribution in [0.1, 0.15) is 11.1 Å². The van der Waals surface area contributed by atoms with Crippen molar-refractivity contribution in [1.29, 1.82) is 0 Å². The highest BCUT2D eigenvalue weighted by Gasteiger charge is 2.06. The standard InChI is InChI=1S/C12H13FN4O/c1-8-2-4-9(5-3-8)7-18-12-15-6-10(13)11(16-12)17-14/h2-6H,7,14H2,1H3,(H,15,16,17).